The molecule has 2 aliphatic heterocycles. The van der Waals surface area contributed by atoms with Crippen LogP contribution in [-0.2, 0) is 59.1 Å². The van der Waals surface area contributed by atoms with Crippen LogP contribution in [0.5, 0.6) is 0 Å². The van der Waals surface area contributed by atoms with Crippen molar-refractivity contribution < 1.29 is 62.9 Å². The number of carbonyl (C=O) groups excluding carboxylic acids is 9. The van der Waals surface area contributed by atoms with Gasteiger partial charge in [0, 0.05) is 51.5 Å². The van der Waals surface area contributed by atoms with Gasteiger partial charge in [0.15, 0.2) is 12.1 Å². The third kappa shape index (κ3) is 16.7. The van der Waals surface area contributed by atoms with Crippen LogP contribution < -0.4 is 16.0 Å². The summed E-state index contributed by atoms with van der Waals surface area (Å²) in [5, 5.41) is 30.1. The van der Waals surface area contributed by atoms with Gasteiger partial charge in [0.2, 0.25) is 41.4 Å². The van der Waals surface area contributed by atoms with E-state index in [1.165, 1.54) is 51.8 Å². The summed E-state index contributed by atoms with van der Waals surface area (Å²) in [6.07, 6.45) is -1.33. The fourth-order valence-corrected chi connectivity index (χ4v) is 10.8. The van der Waals surface area contributed by atoms with E-state index in [4.69, 9.17) is 4.74 Å². The van der Waals surface area contributed by atoms with Gasteiger partial charge in [0.25, 0.3) is 5.91 Å². The summed E-state index contributed by atoms with van der Waals surface area (Å²) in [6, 6.07) is -4.17. The number of ether oxygens (including phenoxy) is 1. The molecule has 0 unspecified atom stereocenters. The Bertz CT molecular complexity index is 2310. The van der Waals surface area contributed by atoms with E-state index < -0.39 is 149 Å². The number of aliphatic hydroxyl groups is 1. The maximum Gasteiger partial charge on any atom is 0.332 e. The molecule has 8 amide bonds. The largest absolute Gasteiger partial charge is 0.481 e. The summed E-state index contributed by atoms with van der Waals surface area (Å²) in [4.78, 5) is 151. The van der Waals surface area contributed by atoms with Crippen molar-refractivity contribution in [3.05, 3.63) is 34.3 Å². The van der Waals surface area contributed by atoms with Gasteiger partial charge in [-0.25, -0.2) is 4.79 Å². The molecule has 2 fully saturated rings. The number of rotatable bonds is 13. The highest BCUT2D eigenvalue weighted by molar-refractivity contribution is 9.10. The van der Waals surface area contributed by atoms with Crippen molar-refractivity contribution in [3.63, 3.8) is 0 Å². The van der Waals surface area contributed by atoms with E-state index in [0.717, 1.165) is 14.7 Å². The van der Waals surface area contributed by atoms with Crippen molar-refractivity contribution in [2.24, 2.45) is 29.6 Å². The molecule has 2 saturated heterocycles. The predicted molar refractivity (Wildman–Crippen MR) is 291 cm³/mol. The zero-order valence-electron chi connectivity index (χ0n) is 48.0. The zero-order valence-corrected chi connectivity index (χ0v) is 49.6. The Morgan fingerprint density at radius 1 is 0.714 bits per heavy atom. The summed E-state index contributed by atoms with van der Waals surface area (Å²) in [5.41, 5.74) is -1.42. The summed E-state index contributed by atoms with van der Waals surface area (Å²) < 4.78 is 6.66. The molecule has 5 N–H and O–H groups in total. The van der Waals surface area contributed by atoms with Crippen LogP contribution in [0.1, 0.15) is 127 Å². The highest BCUT2D eigenvalue weighted by Crippen LogP contribution is 2.27. The normalized spacial score (nSPS) is 26.9. The fourth-order valence-electron chi connectivity index (χ4n) is 10.3. The second-order valence-electron chi connectivity index (χ2n) is 22.7. The number of fused-ring (bicyclic) bond motifs is 1. The number of amides is 8. The van der Waals surface area contributed by atoms with E-state index in [-0.39, 0.29) is 38.1 Å². The molecule has 432 valence electrons. The van der Waals surface area contributed by atoms with Gasteiger partial charge < -0.3 is 55.4 Å². The van der Waals surface area contributed by atoms with Crippen LogP contribution in [0.4, 0.5) is 0 Å². The Labute approximate surface area is 463 Å². The second kappa shape index (κ2) is 28.3. The molecule has 1 aromatic rings. The first-order valence-electron chi connectivity index (χ1n) is 26.9. The van der Waals surface area contributed by atoms with E-state index in [2.05, 4.69) is 31.9 Å². The van der Waals surface area contributed by atoms with Crippen molar-refractivity contribution >= 4 is 75.1 Å². The number of hydrogen-bond donors (Lipinski definition) is 5. The molecule has 0 aliphatic carbocycles. The molecule has 0 bridgehead atoms. The van der Waals surface area contributed by atoms with E-state index >= 15 is 4.79 Å². The molecule has 2 heterocycles. The number of likely N-dealkylation sites (N-methyl/N-ethyl adjacent to an activating group) is 4. The molecule has 22 heteroatoms. The van der Waals surface area contributed by atoms with Gasteiger partial charge in [-0.1, -0.05) is 104 Å². The zero-order chi connectivity index (χ0) is 58.7. The number of halogens is 1. The number of esters is 1. The van der Waals surface area contributed by atoms with Crippen LogP contribution >= 0.6 is 15.9 Å². The number of carboxylic acid groups (broad SMARTS) is 1. The van der Waals surface area contributed by atoms with Gasteiger partial charge in [0.05, 0.1) is 12.0 Å². The summed E-state index contributed by atoms with van der Waals surface area (Å²) in [5.74, 6) is -11.5. The number of cyclic esters (lactones) is 1. The lowest BCUT2D eigenvalue weighted by atomic mass is 9.93. The lowest BCUT2D eigenvalue weighted by Crippen LogP contribution is -2.63. The smallest absolute Gasteiger partial charge is 0.332 e. The quantitative estimate of drug-likeness (QED) is 0.178. The minimum atomic E-state index is -2.01. The van der Waals surface area contributed by atoms with Gasteiger partial charge in [-0.05, 0) is 80.9 Å². The Hall–Kier alpha value is -5.64. The van der Waals surface area contributed by atoms with E-state index in [9.17, 15) is 53.4 Å². The lowest BCUT2D eigenvalue weighted by molar-refractivity contribution is -0.177. The molecular weight excluding hydrogens is 1060 g/mol. The Kier molecular flexibility index (Phi) is 24.1. The maximum atomic E-state index is 15.1. The summed E-state index contributed by atoms with van der Waals surface area (Å²) in [7, 11) is 5.29. The number of hydrogen-bond acceptors (Lipinski definition) is 12. The van der Waals surface area contributed by atoms with Crippen LogP contribution in [0.3, 0.4) is 0 Å². The highest BCUT2D eigenvalue weighted by Gasteiger charge is 2.48. The maximum absolute atomic E-state index is 15.1. The average molecular weight is 1150 g/mol. The molecular formula is C55H87BrN8O13. The van der Waals surface area contributed by atoms with Crippen LogP contribution in [0.15, 0.2) is 28.7 Å². The first-order valence-corrected chi connectivity index (χ1v) is 27.7. The van der Waals surface area contributed by atoms with Crippen LogP contribution in [0.2, 0.25) is 0 Å². The highest BCUT2D eigenvalue weighted by atomic mass is 79.9. The van der Waals surface area contributed by atoms with Crippen molar-refractivity contribution in [2.45, 2.75) is 188 Å². The molecule has 3 rings (SSSR count). The number of aliphatic carboxylic acids is 1. The number of carbonyl (C=O) groups is 10. The van der Waals surface area contributed by atoms with Crippen molar-refractivity contribution in [3.8, 4) is 0 Å². The standard InChI is InChI=1S/C55H87BrN8O13/c1-17-32(9)41-52(73)61(14)42(30(5)6)47(68)57-36(25-29(3)4)50(71)63(16)45(55(11,12)76)54(75)77-44(33(10)18-2)53(74)62(15)43(31(7)8)48(69)58-37(28-40(65)66)49(70)60(13)39(27-34-21-19-22-35(56)26-34)51(72)64-24-20-23-38(64)46(67)59-41/h19,21-22,26,29-33,36-39,41-45,76H,17-18,20,23-25,27-28H2,1-16H3,(H,57,68)(H,58,69)(H,59,67)(H,65,66)/t32-,33-,36-,37-,38-,39-,41-,42-,43-,44+,45+/m0/s1. The third-order valence-electron chi connectivity index (χ3n) is 15.0. The Morgan fingerprint density at radius 2 is 1.25 bits per heavy atom. The van der Waals surface area contributed by atoms with Crippen LogP contribution in [0, 0.1) is 29.6 Å². The van der Waals surface area contributed by atoms with Gasteiger partial charge in [-0.2, -0.15) is 0 Å². The van der Waals surface area contributed by atoms with Gasteiger partial charge in [0.1, 0.15) is 42.3 Å². The molecule has 0 saturated carbocycles. The minimum Gasteiger partial charge on any atom is -0.481 e. The first kappa shape index (κ1) is 65.6. The van der Waals surface area contributed by atoms with Gasteiger partial charge in [-0.15, -0.1) is 0 Å². The van der Waals surface area contributed by atoms with Crippen molar-refractivity contribution in [2.75, 3.05) is 34.7 Å². The average Bonchev–Trinajstić information content (AvgIpc) is 3.83. The van der Waals surface area contributed by atoms with Crippen LogP contribution in [-0.4, -0.2) is 189 Å². The second-order valence-corrected chi connectivity index (χ2v) is 23.7. The SMILES string of the molecule is CC[C@H](C)[C@@H]1NC(=O)[C@@H]2CCCN2C(=O)[C@H](Cc2cccc(Br)c2)N(C)C(=O)[C@H](CC(=O)O)NC(=O)[C@H](C(C)C)N(C)C(=O)[C@@H]([C@@H](C)CC)OC(=O)[C@H](C(C)(C)O)N(C)C(=O)[C@H](CC(C)C)NC(=O)[C@H](C(C)C)N(C)C1=O. The molecule has 0 radical (unpaired) electrons. The lowest BCUT2D eigenvalue weighted by Gasteiger charge is -2.39. The molecule has 0 aromatic heterocycles. The van der Waals surface area contributed by atoms with E-state index in [1.807, 2.05) is 20.8 Å². The van der Waals surface area contributed by atoms with Gasteiger partial charge in [-0.3, -0.25) is 43.2 Å². The topological polar surface area (TPSA) is 273 Å². The fraction of sp³-hybridized carbons (Fsp3) is 0.709. The molecule has 2 aliphatic rings. The van der Waals surface area contributed by atoms with Crippen molar-refractivity contribution in [1.29, 1.82) is 0 Å². The molecule has 0 spiro atoms. The molecule has 1 aromatic carbocycles. The molecule has 77 heavy (non-hydrogen) atoms. The molecule has 21 nitrogen and oxygen atoms in total. The predicted octanol–water partition coefficient (Wildman–Crippen LogP) is 3.37. The Morgan fingerprint density at radius 3 is 1.74 bits per heavy atom. The molecule has 11 atom stereocenters. The Balaban J connectivity index is 2.38. The number of carboxylic acids is 1. The number of nitrogens with one attached hydrogen (secondary N) is 3. The van der Waals surface area contributed by atoms with Crippen molar-refractivity contribution in [1.82, 2.24) is 40.4 Å². The third-order valence-corrected chi connectivity index (χ3v) is 15.4. The monoisotopic (exact) mass is 1150 g/mol. The van der Waals surface area contributed by atoms with E-state index in [0.29, 0.717) is 22.9 Å². The van der Waals surface area contributed by atoms with Crippen LogP contribution in [0.25, 0.3) is 0 Å². The minimum absolute atomic E-state index is 0.0586. The van der Waals surface area contributed by atoms with E-state index in [1.54, 1.807) is 72.7 Å². The summed E-state index contributed by atoms with van der Waals surface area (Å²) >= 11 is 3.46. The summed E-state index contributed by atoms with van der Waals surface area (Å²) in [6.45, 7) is 19.9. The number of benzene rings is 1. The first-order chi connectivity index (χ1) is 35.7. The van der Waals surface area contributed by atoms with Gasteiger partial charge >= 0.3 is 11.9 Å². The number of nitrogens with zero attached hydrogens (tertiary/aromatic N) is 5.